The summed E-state index contributed by atoms with van der Waals surface area (Å²) in [5.74, 6) is 0.331. The van der Waals surface area contributed by atoms with Crippen LogP contribution >= 0.6 is 0 Å². The van der Waals surface area contributed by atoms with Crippen LogP contribution < -0.4 is 10.9 Å². The van der Waals surface area contributed by atoms with Crippen molar-refractivity contribution in [2.45, 2.75) is 19.5 Å². The van der Waals surface area contributed by atoms with Crippen molar-refractivity contribution < 1.29 is 4.79 Å². The van der Waals surface area contributed by atoms with Gasteiger partial charge in [-0.15, -0.1) is 0 Å². The lowest BCUT2D eigenvalue weighted by molar-refractivity contribution is -0.122. The molecule has 1 amide bonds. The Labute approximate surface area is 160 Å². The lowest BCUT2D eigenvalue weighted by Gasteiger charge is -2.12. The molecule has 9 heteroatoms. The standard InChI is InChI=1S/C19H19N7O2/c1-12(17-20-9-15(24-17)13-6-4-3-5-7-13)23-16(27)10-26-11-21-18-14(19(26)28)8-22-25(18)2/h3-9,11-12H,10H2,1-2H3,(H,20,24)(H,23,27). The zero-order valence-corrected chi connectivity index (χ0v) is 15.5. The molecule has 0 aliphatic carbocycles. The molecule has 0 bridgehead atoms. The van der Waals surface area contributed by atoms with Crippen LogP contribution in [0.3, 0.4) is 0 Å². The molecule has 0 radical (unpaired) electrons. The first-order valence-electron chi connectivity index (χ1n) is 8.80. The fourth-order valence-corrected chi connectivity index (χ4v) is 3.01. The summed E-state index contributed by atoms with van der Waals surface area (Å²) < 4.78 is 2.79. The van der Waals surface area contributed by atoms with Crippen molar-refractivity contribution in [3.63, 3.8) is 0 Å². The lowest BCUT2D eigenvalue weighted by Crippen LogP contribution is -2.34. The Balaban J connectivity index is 1.46. The number of hydrogen-bond acceptors (Lipinski definition) is 5. The number of H-pyrrole nitrogens is 1. The first-order valence-corrected chi connectivity index (χ1v) is 8.80. The van der Waals surface area contributed by atoms with Gasteiger partial charge in [0.25, 0.3) is 5.56 Å². The van der Waals surface area contributed by atoms with Gasteiger partial charge in [-0.25, -0.2) is 9.97 Å². The van der Waals surface area contributed by atoms with Crippen molar-refractivity contribution in [3.8, 4) is 11.3 Å². The number of nitrogens with zero attached hydrogens (tertiary/aromatic N) is 5. The summed E-state index contributed by atoms with van der Waals surface area (Å²) >= 11 is 0. The molecule has 4 aromatic rings. The number of carbonyl (C=O) groups excluding carboxylic acids is 1. The van der Waals surface area contributed by atoms with Crippen LogP contribution in [0.5, 0.6) is 0 Å². The van der Waals surface area contributed by atoms with Gasteiger partial charge in [-0.3, -0.25) is 18.8 Å². The van der Waals surface area contributed by atoms with E-state index in [1.807, 2.05) is 37.3 Å². The number of aromatic amines is 1. The quantitative estimate of drug-likeness (QED) is 0.546. The van der Waals surface area contributed by atoms with Crippen molar-refractivity contribution in [1.82, 2.24) is 34.6 Å². The zero-order chi connectivity index (χ0) is 19.7. The first kappa shape index (κ1) is 17.7. The van der Waals surface area contributed by atoms with E-state index in [0.717, 1.165) is 11.3 Å². The zero-order valence-electron chi connectivity index (χ0n) is 15.5. The summed E-state index contributed by atoms with van der Waals surface area (Å²) in [7, 11) is 1.71. The third-order valence-electron chi connectivity index (χ3n) is 4.50. The van der Waals surface area contributed by atoms with Gasteiger partial charge in [-0.05, 0) is 12.5 Å². The smallest absolute Gasteiger partial charge is 0.264 e. The normalized spacial score (nSPS) is 12.2. The predicted molar refractivity (Wildman–Crippen MR) is 103 cm³/mol. The van der Waals surface area contributed by atoms with Crippen LogP contribution in [-0.4, -0.2) is 35.2 Å². The molecule has 3 heterocycles. The molecule has 0 aliphatic rings. The van der Waals surface area contributed by atoms with E-state index in [9.17, 15) is 9.59 Å². The van der Waals surface area contributed by atoms with E-state index in [-0.39, 0.29) is 24.1 Å². The number of amides is 1. The summed E-state index contributed by atoms with van der Waals surface area (Å²) in [6.07, 6.45) is 4.55. The highest BCUT2D eigenvalue weighted by atomic mass is 16.2. The number of aryl methyl sites for hydroxylation is 1. The third kappa shape index (κ3) is 3.29. The topological polar surface area (TPSA) is 110 Å². The molecule has 0 fully saturated rings. The van der Waals surface area contributed by atoms with Crippen LogP contribution in [0.1, 0.15) is 18.8 Å². The maximum atomic E-state index is 12.5. The Bertz CT molecular complexity index is 1190. The predicted octanol–water partition coefficient (Wildman–Crippen LogP) is 1.40. The number of fused-ring (bicyclic) bond motifs is 1. The van der Waals surface area contributed by atoms with E-state index in [2.05, 4.69) is 25.4 Å². The molecule has 1 aromatic carbocycles. The fourth-order valence-electron chi connectivity index (χ4n) is 3.01. The average molecular weight is 377 g/mol. The second-order valence-corrected chi connectivity index (χ2v) is 6.52. The van der Waals surface area contributed by atoms with Crippen LogP contribution in [0.25, 0.3) is 22.3 Å². The van der Waals surface area contributed by atoms with E-state index < -0.39 is 0 Å². The largest absolute Gasteiger partial charge is 0.345 e. The highest BCUT2D eigenvalue weighted by Gasteiger charge is 2.15. The van der Waals surface area contributed by atoms with E-state index >= 15 is 0 Å². The van der Waals surface area contributed by atoms with Crippen molar-refractivity contribution in [2.24, 2.45) is 7.05 Å². The van der Waals surface area contributed by atoms with Crippen molar-refractivity contribution in [2.75, 3.05) is 0 Å². The molecule has 0 saturated carbocycles. The minimum Gasteiger partial charge on any atom is -0.345 e. The van der Waals surface area contributed by atoms with Crippen molar-refractivity contribution in [1.29, 1.82) is 0 Å². The maximum Gasteiger partial charge on any atom is 0.264 e. The first-order chi connectivity index (χ1) is 13.5. The number of hydrogen-bond donors (Lipinski definition) is 2. The summed E-state index contributed by atoms with van der Waals surface area (Å²) in [4.78, 5) is 36.6. The molecule has 28 heavy (non-hydrogen) atoms. The van der Waals surface area contributed by atoms with Gasteiger partial charge in [0, 0.05) is 7.05 Å². The second-order valence-electron chi connectivity index (χ2n) is 6.52. The van der Waals surface area contributed by atoms with Gasteiger partial charge in [-0.2, -0.15) is 5.10 Å². The van der Waals surface area contributed by atoms with Gasteiger partial charge in [0.15, 0.2) is 5.65 Å². The van der Waals surface area contributed by atoms with E-state index in [0.29, 0.717) is 16.9 Å². The molecular weight excluding hydrogens is 358 g/mol. The molecule has 0 spiro atoms. The van der Waals surface area contributed by atoms with Crippen LogP contribution in [0.2, 0.25) is 0 Å². The number of aromatic nitrogens is 6. The molecule has 4 rings (SSSR count). The molecule has 1 atom stereocenters. The van der Waals surface area contributed by atoms with Crippen molar-refractivity contribution >= 4 is 16.9 Å². The summed E-state index contributed by atoms with van der Waals surface area (Å²) in [5, 5.41) is 7.25. The Morgan fingerprint density at radius 2 is 2.00 bits per heavy atom. The summed E-state index contributed by atoms with van der Waals surface area (Å²) in [6, 6.07) is 9.47. The van der Waals surface area contributed by atoms with E-state index in [1.54, 1.807) is 13.2 Å². The van der Waals surface area contributed by atoms with Crippen LogP contribution in [0.4, 0.5) is 0 Å². The minimum absolute atomic E-state index is 0.132. The Hall–Kier alpha value is -3.75. The highest BCUT2D eigenvalue weighted by Crippen LogP contribution is 2.18. The van der Waals surface area contributed by atoms with Crippen molar-refractivity contribution in [3.05, 3.63) is 65.2 Å². The number of benzene rings is 1. The third-order valence-corrected chi connectivity index (χ3v) is 4.50. The summed E-state index contributed by atoms with van der Waals surface area (Å²) in [6.45, 7) is 1.70. The van der Waals surface area contributed by atoms with Gasteiger partial charge in [0.1, 0.15) is 24.1 Å². The van der Waals surface area contributed by atoms with E-state index in [1.165, 1.54) is 21.8 Å². The second kappa shape index (κ2) is 7.10. The van der Waals surface area contributed by atoms with Crippen LogP contribution in [0, 0.1) is 0 Å². The molecule has 142 valence electrons. The Morgan fingerprint density at radius 3 is 2.79 bits per heavy atom. The minimum atomic E-state index is -0.337. The average Bonchev–Trinajstić information content (AvgIpc) is 3.33. The maximum absolute atomic E-state index is 12.5. The fraction of sp³-hybridized carbons (Fsp3) is 0.211. The van der Waals surface area contributed by atoms with Gasteiger partial charge in [0.05, 0.1) is 24.1 Å². The Morgan fingerprint density at radius 1 is 1.21 bits per heavy atom. The molecule has 9 nitrogen and oxygen atoms in total. The van der Waals surface area contributed by atoms with Crippen LogP contribution in [0.15, 0.2) is 53.8 Å². The number of rotatable bonds is 5. The number of imidazole rings is 1. The van der Waals surface area contributed by atoms with Gasteiger partial charge >= 0.3 is 0 Å². The monoisotopic (exact) mass is 377 g/mol. The Kier molecular flexibility index (Phi) is 4.48. The van der Waals surface area contributed by atoms with Gasteiger partial charge in [-0.1, -0.05) is 30.3 Å². The molecule has 0 saturated heterocycles. The number of carbonyl (C=O) groups is 1. The molecule has 1 unspecified atom stereocenters. The molecule has 3 aromatic heterocycles. The highest BCUT2D eigenvalue weighted by molar-refractivity contribution is 5.77. The molecule has 0 aliphatic heterocycles. The van der Waals surface area contributed by atoms with Gasteiger partial charge in [0.2, 0.25) is 5.91 Å². The lowest BCUT2D eigenvalue weighted by atomic mass is 10.2. The van der Waals surface area contributed by atoms with E-state index in [4.69, 9.17) is 0 Å². The SMILES string of the molecule is CC(NC(=O)Cn1cnc2c(cnn2C)c1=O)c1ncc(-c2ccccc2)[nH]1. The summed E-state index contributed by atoms with van der Waals surface area (Å²) in [5.41, 5.74) is 2.07. The number of nitrogens with one attached hydrogen (secondary N) is 2. The van der Waals surface area contributed by atoms with Crippen LogP contribution in [-0.2, 0) is 18.4 Å². The molecule has 2 N–H and O–H groups in total. The molecular formula is C19H19N7O2. The van der Waals surface area contributed by atoms with Gasteiger partial charge < -0.3 is 10.3 Å².